The second kappa shape index (κ2) is 90.3. The van der Waals surface area contributed by atoms with E-state index in [1.807, 2.05) is 0 Å². The van der Waals surface area contributed by atoms with E-state index in [9.17, 15) is 5.53 Å². The third kappa shape index (κ3) is 65.3. The molecule has 0 atom stereocenters. The Morgan fingerprint density at radius 3 is 0.479 bits per heavy atom. The van der Waals surface area contributed by atoms with Crippen LogP contribution in [0.1, 0.15) is 626 Å². The standard InChI is InChI=1S/C66H112N2.2C24H49.Ni/c1-9-15-21-23-25-26-27-28-29-30-31-32-33-34-35-36-37-38-39-40-42-44-50-64-63(49-43-41-24-22-16-10-2)65(61-51-57(45-17-11-3)55(7)58(52-61)46-18-12-4)68(67)66(64)62-53-59(47-19-13-5)56(8)60(54-62)48-20-14-6;2*1-3-5-7-9-11-13-15-17-19-21-23-24-22-20-18-16-14-12-10-8-6-4-2;/h51-54H,9-50H2,1-8H3;2*1,3-24H2,2H3;/q;2*-1;+2. The topological polar surface area (TPSA) is 25.3 Å². The number of benzene rings is 2. The molecule has 1 aliphatic rings. The molecule has 0 bridgehead atoms. The average Bonchev–Trinajstić information content (AvgIpc) is 1.60. The second-order valence-corrected chi connectivity index (χ2v) is 37.8. The first kappa shape index (κ1) is 115. The van der Waals surface area contributed by atoms with Crippen molar-refractivity contribution in [2.24, 2.45) is 0 Å². The normalized spacial score (nSPS) is 12.2. The van der Waals surface area contributed by atoms with Gasteiger partial charge < -0.3 is 19.4 Å². The van der Waals surface area contributed by atoms with Gasteiger partial charge in [-0.1, -0.05) is 518 Å². The first-order valence-corrected chi connectivity index (χ1v) is 54.0. The van der Waals surface area contributed by atoms with Gasteiger partial charge in [0, 0.05) is 22.3 Å². The van der Waals surface area contributed by atoms with Crippen LogP contribution in [0, 0.1) is 27.7 Å². The van der Waals surface area contributed by atoms with Gasteiger partial charge in [-0.15, -0.1) is 0 Å². The first-order chi connectivity index (χ1) is 57.2. The van der Waals surface area contributed by atoms with Gasteiger partial charge in [0.2, 0.25) is 11.4 Å². The fourth-order valence-corrected chi connectivity index (χ4v) is 18.5. The number of hydrogen-bond donors (Lipinski definition) is 0. The van der Waals surface area contributed by atoms with Crippen molar-refractivity contribution in [3.8, 4) is 0 Å². The zero-order chi connectivity index (χ0) is 84.1. The third-order valence-corrected chi connectivity index (χ3v) is 26.6. The molecule has 0 N–H and O–H groups in total. The van der Waals surface area contributed by atoms with Crippen LogP contribution in [-0.4, -0.2) is 4.70 Å². The van der Waals surface area contributed by atoms with Gasteiger partial charge in [-0.2, -0.15) is 12.8 Å². The van der Waals surface area contributed by atoms with Gasteiger partial charge >= 0.3 is 16.5 Å². The smallest absolute Gasteiger partial charge is 0.493 e. The predicted octanol–water partition coefficient (Wildman–Crippen LogP) is 41.4. The quantitative estimate of drug-likeness (QED) is 0.0273. The van der Waals surface area contributed by atoms with Crippen molar-refractivity contribution in [1.29, 1.82) is 0 Å². The molecule has 0 amide bonds. The average molecular weight is 1670 g/mol. The summed E-state index contributed by atoms with van der Waals surface area (Å²) in [6, 6.07) is 9.98. The van der Waals surface area contributed by atoms with Crippen molar-refractivity contribution in [2.45, 2.75) is 621 Å². The fraction of sp³-hybridized carbons (Fsp3) is 0.842. The summed E-state index contributed by atoms with van der Waals surface area (Å²) in [7, 11) is 0. The molecule has 117 heavy (non-hydrogen) atoms. The van der Waals surface area contributed by atoms with Crippen LogP contribution in [0.15, 0.2) is 35.4 Å². The Bertz CT molecular complexity index is 2330. The molecule has 0 radical (unpaired) electrons. The molecule has 0 aliphatic carbocycles. The molecule has 0 saturated carbocycles. The van der Waals surface area contributed by atoms with Gasteiger partial charge in [-0.25, -0.2) is 4.70 Å². The number of hydrogen-bond acceptors (Lipinski definition) is 0. The van der Waals surface area contributed by atoms with E-state index in [0.717, 1.165) is 62.8 Å². The molecular formula is C114H210N2Ni. The van der Waals surface area contributed by atoms with Gasteiger partial charge in [-0.3, -0.25) is 0 Å². The molecule has 2 aromatic rings. The molecule has 3 heteroatoms. The third-order valence-electron chi connectivity index (χ3n) is 26.6. The fourth-order valence-electron chi connectivity index (χ4n) is 18.5. The summed E-state index contributed by atoms with van der Waals surface area (Å²) >= 11 is 0. The van der Waals surface area contributed by atoms with Gasteiger partial charge in [0.25, 0.3) is 0 Å². The largest absolute Gasteiger partial charge is 2.00 e. The van der Waals surface area contributed by atoms with Gasteiger partial charge in [0.1, 0.15) is 0 Å². The molecule has 2 nitrogen and oxygen atoms in total. The van der Waals surface area contributed by atoms with E-state index in [1.54, 1.807) is 4.70 Å². The van der Waals surface area contributed by atoms with Crippen LogP contribution < -0.4 is 0 Å². The van der Waals surface area contributed by atoms with Crippen LogP contribution in [0.4, 0.5) is 0 Å². The Kier molecular flexibility index (Phi) is 88.7. The van der Waals surface area contributed by atoms with E-state index >= 15 is 0 Å². The Morgan fingerprint density at radius 1 is 0.197 bits per heavy atom. The van der Waals surface area contributed by atoms with Crippen molar-refractivity contribution >= 4 is 11.4 Å². The zero-order valence-corrected chi connectivity index (χ0v) is 82.7. The number of rotatable bonds is 86. The minimum absolute atomic E-state index is 0. The monoisotopic (exact) mass is 1670 g/mol. The SMILES string of the molecule is CCCCCCCCCCCCCCCCCCCCCCCCC1=C(c2cc(CCCC)c(C)c(CCCC)c2)[N+](=[N-])C(c2cc(CCCC)c(C)c(CCCC)c2)=C1CCCCCCCC.[CH2-]CCCCCCCCCCCCCCCCCCCCCCC.[CH2-]CCCCCCCCCCCCCCCCCCCCCCC.[Ni+2]. The number of allylic oxidation sites excluding steroid dienone is 2. The first-order valence-electron chi connectivity index (χ1n) is 54.0. The van der Waals surface area contributed by atoms with E-state index in [4.69, 9.17) is 0 Å². The summed E-state index contributed by atoms with van der Waals surface area (Å²) in [6.07, 6.45) is 119. The Hall–Kier alpha value is -1.99. The predicted molar refractivity (Wildman–Crippen MR) is 529 cm³/mol. The maximum absolute atomic E-state index is 13.0. The maximum atomic E-state index is 13.0. The van der Waals surface area contributed by atoms with E-state index in [0.29, 0.717) is 0 Å². The van der Waals surface area contributed by atoms with Crippen LogP contribution in [0.2, 0.25) is 0 Å². The van der Waals surface area contributed by atoms with Crippen LogP contribution in [0.5, 0.6) is 0 Å². The Morgan fingerprint density at radius 2 is 0.333 bits per heavy atom. The molecule has 1 heterocycles. The van der Waals surface area contributed by atoms with Crippen molar-refractivity contribution in [3.05, 3.63) is 99.3 Å². The summed E-state index contributed by atoms with van der Waals surface area (Å²) in [5.41, 5.74) is 29.5. The number of aryl methyl sites for hydroxylation is 4. The Labute approximate surface area is 748 Å². The van der Waals surface area contributed by atoms with E-state index in [2.05, 4.69) is 107 Å². The van der Waals surface area contributed by atoms with Gasteiger partial charge in [0.05, 0.1) is 0 Å². The summed E-state index contributed by atoms with van der Waals surface area (Å²) in [4.78, 5) is 0. The van der Waals surface area contributed by atoms with Crippen LogP contribution in [-0.2, 0) is 42.2 Å². The maximum Gasteiger partial charge on any atom is 2.00 e. The zero-order valence-electron chi connectivity index (χ0n) is 81.7. The van der Waals surface area contributed by atoms with Crippen molar-refractivity contribution in [2.75, 3.05) is 0 Å². The Balaban J connectivity index is 0.00000223. The summed E-state index contributed by atoms with van der Waals surface area (Å²) in [5.74, 6) is 0. The van der Waals surface area contributed by atoms with Crippen LogP contribution in [0.3, 0.4) is 0 Å². The van der Waals surface area contributed by atoms with E-state index in [1.165, 1.54) is 556 Å². The van der Waals surface area contributed by atoms with Crippen molar-refractivity contribution in [1.82, 2.24) is 0 Å². The minimum Gasteiger partial charge on any atom is -0.493 e. The van der Waals surface area contributed by atoms with Crippen LogP contribution in [0.25, 0.3) is 16.9 Å². The van der Waals surface area contributed by atoms with E-state index in [-0.39, 0.29) is 16.5 Å². The molecule has 0 unspecified atom stereocenters. The van der Waals surface area contributed by atoms with Gasteiger partial charge in [0.15, 0.2) is 0 Å². The molecule has 0 fully saturated rings. The number of nitrogens with zero attached hydrogens (tertiary/aromatic N) is 2. The second-order valence-electron chi connectivity index (χ2n) is 37.8. The summed E-state index contributed by atoms with van der Waals surface area (Å²) in [5, 5.41) is 0. The molecule has 2 aromatic carbocycles. The van der Waals surface area contributed by atoms with E-state index < -0.39 is 0 Å². The molecule has 1 aliphatic heterocycles. The number of unbranched alkanes of at least 4 members (excludes halogenated alkanes) is 72. The molecule has 0 aromatic heterocycles. The molecule has 0 saturated heterocycles. The summed E-state index contributed by atoms with van der Waals surface area (Å²) < 4.78 is 1.73. The van der Waals surface area contributed by atoms with Crippen molar-refractivity contribution in [3.63, 3.8) is 0 Å². The summed E-state index contributed by atoms with van der Waals surface area (Å²) in [6.45, 7) is 31.1. The molecular weight excluding hydrogens is 1460 g/mol. The van der Waals surface area contributed by atoms with Gasteiger partial charge in [-0.05, 0) is 149 Å². The molecule has 686 valence electrons. The molecule has 3 rings (SSSR count). The minimum atomic E-state index is 0. The van der Waals surface area contributed by atoms with Crippen LogP contribution >= 0.6 is 0 Å². The molecule has 0 spiro atoms. The van der Waals surface area contributed by atoms with Crippen molar-refractivity contribution < 1.29 is 21.2 Å².